The average molecular weight is 252 g/mol. The van der Waals surface area contributed by atoms with Crippen molar-refractivity contribution in [2.45, 2.75) is 0 Å². The molecule has 0 saturated carbocycles. The molecule has 4 nitrogen and oxygen atoms in total. The number of rotatable bonds is 1. The molecule has 2 aromatic heterocycles. The second-order valence-electron chi connectivity index (χ2n) is 2.72. The van der Waals surface area contributed by atoms with Gasteiger partial charge in [0.15, 0.2) is 17.3 Å². The molecule has 0 aliphatic carbocycles. The first kappa shape index (κ1) is 9.03. The molecule has 0 unspecified atom stereocenters. The Kier molecular flexibility index (Phi) is 2.14. The maximum Gasteiger partial charge on any atom is 0.178 e. The van der Waals surface area contributed by atoms with Crippen LogP contribution in [0.1, 0.15) is 5.69 Å². The van der Waals surface area contributed by atoms with Crippen LogP contribution in [-0.4, -0.2) is 9.55 Å². The van der Waals surface area contributed by atoms with Gasteiger partial charge in [-0.1, -0.05) is 0 Å². The van der Waals surface area contributed by atoms with E-state index >= 15 is 0 Å². The highest BCUT2D eigenvalue weighted by molar-refractivity contribution is 9.10. The van der Waals surface area contributed by atoms with E-state index < -0.39 is 0 Å². The molecule has 0 bridgehead atoms. The van der Waals surface area contributed by atoms with Gasteiger partial charge >= 0.3 is 0 Å². The number of hydrogen-bond acceptors (Lipinski definition) is 3. The molecule has 0 spiro atoms. The molecule has 0 aliphatic heterocycles. The highest BCUT2D eigenvalue weighted by atomic mass is 79.9. The van der Waals surface area contributed by atoms with E-state index in [4.69, 9.17) is 9.68 Å². The Morgan fingerprint density at radius 3 is 2.93 bits per heavy atom. The van der Waals surface area contributed by atoms with E-state index in [2.05, 4.69) is 20.9 Å². The van der Waals surface area contributed by atoms with Crippen molar-refractivity contribution >= 4 is 15.9 Å². The summed E-state index contributed by atoms with van der Waals surface area (Å²) >= 11 is 3.28. The Labute approximate surface area is 88.9 Å². The molecule has 0 radical (unpaired) electrons. The van der Waals surface area contributed by atoms with Gasteiger partial charge in [-0.2, -0.15) is 5.26 Å². The fraction of sp³-hybridized carbons (Fsp3) is 0.111. The van der Waals surface area contributed by atoms with Gasteiger partial charge in [-0.3, -0.25) is 0 Å². The second kappa shape index (κ2) is 3.31. The molecule has 0 aromatic carbocycles. The maximum atomic E-state index is 8.77. The minimum atomic E-state index is 0.360. The third-order valence-corrected chi connectivity index (χ3v) is 2.78. The minimum absolute atomic E-state index is 0.360. The third-order valence-electron chi connectivity index (χ3n) is 1.87. The smallest absolute Gasteiger partial charge is 0.178 e. The van der Waals surface area contributed by atoms with Crippen molar-refractivity contribution in [1.29, 1.82) is 5.26 Å². The van der Waals surface area contributed by atoms with Crippen molar-refractivity contribution in [2.75, 3.05) is 0 Å². The summed E-state index contributed by atoms with van der Waals surface area (Å²) in [6, 6.07) is 5.58. The molecule has 0 amide bonds. The van der Waals surface area contributed by atoms with Crippen molar-refractivity contribution in [2.24, 2.45) is 7.05 Å². The summed E-state index contributed by atoms with van der Waals surface area (Å²) in [5.41, 5.74) is 0.360. The van der Waals surface area contributed by atoms with Gasteiger partial charge < -0.3 is 8.98 Å². The molecule has 2 rings (SSSR count). The van der Waals surface area contributed by atoms with Crippen LogP contribution in [0.2, 0.25) is 0 Å². The number of aromatic nitrogens is 2. The monoisotopic (exact) mass is 251 g/mol. The van der Waals surface area contributed by atoms with Crippen LogP contribution < -0.4 is 0 Å². The van der Waals surface area contributed by atoms with Crippen LogP contribution >= 0.6 is 15.9 Å². The molecule has 5 heteroatoms. The summed E-state index contributed by atoms with van der Waals surface area (Å²) in [5.74, 6) is 1.29. The van der Waals surface area contributed by atoms with Crippen LogP contribution in [0.4, 0.5) is 0 Å². The van der Waals surface area contributed by atoms with Gasteiger partial charge in [0.1, 0.15) is 10.7 Å². The number of imidazole rings is 1. The summed E-state index contributed by atoms with van der Waals surface area (Å²) in [5, 5.41) is 8.77. The van der Waals surface area contributed by atoms with Gasteiger partial charge in [0.05, 0.1) is 6.26 Å². The molecular formula is C9H6BrN3O. The zero-order valence-corrected chi connectivity index (χ0v) is 8.95. The zero-order valence-electron chi connectivity index (χ0n) is 7.36. The van der Waals surface area contributed by atoms with Crippen LogP contribution in [-0.2, 0) is 7.05 Å². The molecule has 0 saturated heterocycles. The predicted octanol–water partition coefficient (Wildman–Crippen LogP) is 2.31. The lowest BCUT2D eigenvalue weighted by Crippen LogP contribution is -1.91. The van der Waals surface area contributed by atoms with Gasteiger partial charge in [-0.15, -0.1) is 0 Å². The van der Waals surface area contributed by atoms with Crippen molar-refractivity contribution < 1.29 is 4.42 Å². The summed E-state index contributed by atoms with van der Waals surface area (Å²) in [6.45, 7) is 0. The number of hydrogen-bond donors (Lipinski definition) is 0. The van der Waals surface area contributed by atoms with Gasteiger partial charge in [0.25, 0.3) is 0 Å². The first-order valence-electron chi connectivity index (χ1n) is 3.90. The van der Waals surface area contributed by atoms with E-state index in [1.54, 1.807) is 23.0 Å². The molecule has 0 atom stereocenters. The van der Waals surface area contributed by atoms with Crippen LogP contribution in [0.25, 0.3) is 11.6 Å². The Hall–Kier alpha value is -1.54. The first-order valence-corrected chi connectivity index (χ1v) is 4.69. The molecule has 0 fully saturated rings. The fourth-order valence-electron chi connectivity index (χ4n) is 1.18. The SMILES string of the molecule is Cn1c(-c2ccco2)nc(C#N)c1Br. The van der Waals surface area contributed by atoms with Crippen molar-refractivity contribution in [1.82, 2.24) is 9.55 Å². The largest absolute Gasteiger partial charge is 0.461 e. The Balaban J connectivity index is 2.62. The number of nitrogens with zero attached hydrogens (tertiary/aromatic N) is 3. The van der Waals surface area contributed by atoms with Crippen LogP contribution in [0.3, 0.4) is 0 Å². The highest BCUT2D eigenvalue weighted by Crippen LogP contribution is 2.24. The minimum Gasteiger partial charge on any atom is -0.461 e. The standard InChI is InChI=1S/C9H6BrN3O/c1-13-8(10)6(5-11)12-9(13)7-3-2-4-14-7/h2-4H,1H3. The van der Waals surface area contributed by atoms with E-state index in [1.165, 1.54) is 0 Å². The van der Waals surface area contributed by atoms with Crippen molar-refractivity contribution in [3.63, 3.8) is 0 Å². The van der Waals surface area contributed by atoms with Gasteiger partial charge in [0.2, 0.25) is 0 Å². The fourth-order valence-corrected chi connectivity index (χ4v) is 1.52. The Morgan fingerprint density at radius 2 is 2.43 bits per heavy atom. The number of halogens is 1. The lowest BCUT2D eigenvalue weighted by atomic mass is 10.4. The molecule has 2 heterocycles. The van der Waals surface area contributed by atoms with E-state index in [0.717, 1.165) is 0 Å². The van der Waals surface area contributed by atoms with E-state index in [1.807, 2.05) is 13.1 Å². The molecule has 14 heavy (non-hydrogen) atoms. The average Bonchev–Trinajstić information content (AvgIpc) is 2.78. The van der Waals surface area contributed by atoms with Crippen molar-refractivity contribution in [3.8, 4) is 17.7 Å². The molecule has 2 aromatic rings. The number of furan rings is 1. The van der Waals surface area contributed by atoms with Crippen LogP contribution in [0.5, 0.6) is 0 Å². The summed E-state index contributed by atoms with van der Waals surface area (Å²) in [6.07, 6.45) is 1.57. The van der Waals surface area contributed by atoms with E-state index in [0.29, 0.717) is 21.9 Å². The van der Waals surface area contributed by atoms with E-state index in [-0.39, 0.29) is 0 Å². The Bertz CT molecular complexity index is 493. The summed E-state index contributed by atoms with van der Waals surface area (Å²) in [7, 11) is 1.82. The van der Waals surface area contributed by atoms with Crippen molar-refractivity contribution in [3.05, 3.63) is 28.7 Å². The highest BCUT2D eigenvalue weighted by Gasteiger charge is 2.14. The first-order chi connectivity index (χ1) is 6.74. The third kappa shape index (κ3) is 1.24. The van der Waals surface area contributed by atoms with Gasteiger partial charge in [-0.05, 0) is 28.1 Å². The second-order valence-corrected chi connectivity index (χ2v) is 3.47. The molecule has 70 valence electrons. The summed E-state index contributed by atoms with van der Waals surface area (Å²) in [4.78, 5) is 4.13. The zero-order chi connectivity index (χ0) is 10.1. The van der Waals surface area contributed by atoms with Crippen LogP contribution in [0, 0.1) is 11.3 Å². The van der Waals surface area contributed by atoms with Gasteiger partial charge in [0, 0.05) is 7.05 Å². The quantitative estimate of drug-likeness (QED) is 0.782. The molecule has 0 N–H and O–H groups in total. The topological polar surface area (TPSA) is 54.8 Å². The predicted molar refractivity (Wildman–Crippen MR) is 53.3 cm³/mol. The molecular weight excluding hydrogens is 246 g/mol. The number of nitriles is 1. The molecule has 0 aliphatic rings. The lowest BCUT2D eigenvalue weighted by molar-refractivity contribution is 0.573. The maximum absolute atomic E-state index is 8.77. The van der Waals surface area contributed by atoms with Gasteiger partial charge in [-0.25, -0.2) is 4.98 Å². The van der Waals surface area contributed by atoms with E-state index in [9.17, 15) is 0 Å². The Morgan fingerprint density at radius 1 is 1.64 bits per heavy atom. The normalized spacial score (nSPS) is 10.1. The van der Waals surface area contributed by atoms with Crippen LogP contribution in [0.15, 0.2) is 27.4 Å². The summed E-state index contributed by atoms with van der Waals surface area (Å²) < 4.78 is 7.62. The lowest BCUT2D eigenvalue weighted by Gasteiger charge is -1.97.